The van der Waals surface area contributed by atoms with Crippen LogP contribution in [0, 0.1) is 5.92 Å². The van der Waals surface area contributed by atoms with Crippen molar-refractivity contribution in [2.75, 3.05) is 13.1 Å². The van der Waals surface area contributed by atoms with E-state index in [1.54, 1.807) is 0 Å². The van der Waals surface area contributed by atoms with Gasteiger partial charge in [-0.15, -0.1) is 0 Å². The zero-order valence-corrected chi connectivity index (χ0v) is 13.9. The number of nitrogens with one attached hydrogen (secondary N) is 1. The lowest BCUT2D eigenvalue weighted by atomic mass is 10.1. The van der Waals surface area contributed by atoms with E-state index in [1.165, 1.54) is 0 Å². The molecule has 1 unspecified atom stereocenters. The monoisotopic (exact) mass is 308 g/mol. The summed E-state index contributed by atoms with van der Waals surface area (Å²) in [5.74, 6) is 0.732. The molecule has 1 N–H and O–H groups in total. The number of carbonyl (C=O) groups excluding carboxylic acids is 1. The van der Waals surface area contributed by atoms with E-state index in [0.717, 1.165) is 30.0 Å². The molecule has 1 saturated carbocycles. The maximum atomic E-state index is 12.4. The van der Waals surface area contributed by atoms with Gasteiger partial charge in [-0.25, -0.2) is 0 Å². The van der Waals surface area contributed by atoms with E-state index in [-0.39, 0.29) is 11.9 Å². The molecule has 0 heterocycles. The Hall–Kier alpha value is -1.06. The summed E-state index contributed by atoms with van der Waals surface area (Å²) < 4.78 is 0. The first-order chi connectivity index (χ1) is 9.97. The van der Waals surface area contributed by atoms with Gasteiger partial charge in [0.15, 0.2) is 0 Å². The van der Waals surface area contributed by atoms with Crippen molar-refractivity contribution in [3.8, 4) is 0 Å². The second-order valence-electron chi connectivity index (χ2n) is 6.33. The fourth-order valence-corrected chi connectivity index (χ4v) is 2.57. The topological polar surface area (TPSA) is 32.3 Å². The molecule has 1 aliphatic rings. The van der Waals surface area contributed by atoms with Gasteiger partial charge < -0.3 is 10.2 Å². The zero-order valence-electron chi connectivity index (χ0n) is 13.1. The fourth-order valence-electron chi connectivity index (χ4n) is 2.45. The lowest BCUT2D eigenvalue weighted by Gasteiger charge is -2.25. The third kappa shape index (κ3) is 5.01. The maximum absolute atomic E-state index is 12.4. The predicted molar refractivity (Wildman–Crippen MR) is 87.4 cm³/mol. The molecule has 21 heavy (non-hydrogen) atoms. The van der Waals surface area contributed by atoms with Crippen LogP contribution in [0.2, 0.25) is 5.02 Å². The van der Waals surface area contributed by atoms with Crippen LogP contribution in [0.25, 0.3) is 0 Å². The zero-order chi connectivity index (χ0) is 15.4. The summed E-state index contributed by atoms with van der Waals surface area (Å²) in [4.78, 5) is 14.4. The lowest BCUT2D eigenvalue weighted by molar-refractivity contribution is -0.131. The second kappa shape index (κ2) is 7.28. The van der Waals surface area contributed by atoms with Crippen molar-refractivity contribution in [2.45, 2.75) is 45.7 Å². The van der Waals surface area contributed by atoms with E-state index in [0.29, 0.717) is 18.5 Å². The molecule has 1 atom stereocenters. The number of carbonyl (C=O) groups is 1. The summed E-state index contributed by atoms with van der Waals surface area (Å²) in [5, 5.41) is 4.06. The van der Waals surface area contributed by atoms with E-state index in [2.05, 4.69) is 26.1 Å². The molecule has 1 amide bonds. The summed E-state index contributed by atoms with van der Waals surface area (Å²) in [5.41, 5.74) is 1.15. The molecule has 0 radical (unpaired) electrons. The summed E-state index contributed by atoms with van der Waals surface area (Å²) in [7, 11) is 0. The minimum absolute atomic E-state index is 0.145. The van der Waals surface area contributed by atoms with Crippen LogP contribution in [0.1, 0.15) is 45.2 Å². The molecule has 1 fully saturated rings. The number of amides is 1. The quantitative estimate of drug-likeness (QED) is 0.834. The average molecular weight is 309 g/mol. The highest BCUT2D eigenvalue weighted by atomic mass is 35.5. The predicted octanol–water partition coefficient (Wildman–Crippen LogP) is 3.64. The van der Waals surface area contributed by atoms with Gasteiger partial charge in [0.1, 0.15) is 0 Å². The first kappa shape index (κ1) is 16.3. The van der Waals surface area contributed by atoms with E-state index in [9.17, 15) is 4.79 Å². The molecule has 3 nitrogen and oxygen atoms in total. The number of nitrogens with zero attached hydrogens (tertiary/aromatic N) is 1. The van der Waals surface area contributed by atoms with Crippen molar-refractivity contribution in [3.05, 3.63) is 34.9 Å². The van der Waals surface area contributed by atoms with Crippen LogP contribution < -0.4 is 5.32 Å². The Bertz CT molecular complexity index is 468. The third-order valence-electron chi connectivity index (χ3n) is 3.80. The Balaban J connectivity index is 1.85. The summed E-state index contributed by atoms with van der Waals surface area (Å²) in [6, 6.07) is 8.38. The van der Waals surface area contributed by atoms with Gasteiger partial charge >= 0.3 is 0 Å². The van der Waals surface area contributed by atoms with E-state index >= 15 is 0 Å². The van der Waals surface area contributed by atoms with Crippen LogP contribution in [-0.2, 0) is 4.79 Å². The molecule has 0 bridgehead atoms. The van der Waals surface area contributed by atoms with Gasteiger partial charge in [0.25, 0.3) is 0 Å². The molecule has 0 aliphatic heterocycles. The molecule has 1 aliphatic carbocycles. The Morgan fingerprint density at radius 1 is 1.29 bits per heavy atom. The maximum Gasteiger partial charge on any atom is 0.236 e. The molecule has 0 spiro atoms. The van der Waals surface area contributed by atoms with Crippen LogP contribution in [0.4, 0.5) is 0 Å². The normalized spacial score (nSPS) is 16.0. The smallest absolute Gasteiger partial charge is 0.236 e. The Kier molecular flexibility index (Phi) is 5.65. The van der Waals surface area contributed by atoms with Crippen molar-refractivity contribution in [2.24, 2.45) is 5.92 Å². The largest absolute Gasteiger partial charge is 0.338 e. The van der Waals surface area contributed by atoms with Gasteiger partial charge in [0.2, 0.25) is 5.91 Å². The van der Waals surface area contributed by atoms with Crippen LogP contribution >= 0.6 is 11.6 Å². The molecule has 1 aromatic rings. The Labute approximate surface area is 132 Å². The lowest BCUT2D eigenvalue weighted by Crippen LogP contribution is -2.42. The number of hydrogen-bond donors (Lipinski definition) is 1. The van der Waals surface area contributed by atoms with Crippen molar-refractivity contribution in [3.63, 3.8) is 0 Å². The van der Waals surface area contributed by atoms with Gasteiger partial charge in [-0.05, 0) is 43.4 Å². The Morgan fingerprint density at radius 2 is 1.90 bits per heavy atom. The van der Waals surface area contributed by atoms with Crippen molar-refractivity contribution < 1.29 is 4.79 Å². The molecule has 0 aromatic heterocycles. The highest BCUT2D eigenvalue weighted by Gasteiger charge is 2.32. The number of rotatable bonds is 7. The molecule has 0 saturated heterocycles. The highest BCUT2D eigenvalue weighted by Crippen LogP contribution is 2.27. The van der Waals surface area contributed by atoms with Crippen molar-refractivity contribution >= 4 is 17.5 Å². The molecular formula is C17H25ClN2O. The van der Waals surface area contributed by atoms with Crippen LogP contribution in [0.3, 0.4) is 0 Å². The minimum Gasteiger partial charge on any atom is -0.338 e. The SMILES string of the molecule is CC(C)CN(C(=O)CNC(C)c1ccc(Cl)cc1)C1CC1. The highest BCUT2D eigenvalue weighted by molar-refractivity contribution is 6.30. The summed E-state index contributed by atoms with van der Waals surface area (Å²) in [6.07, 6.45) is 2.32. The van der Waals surface area contributed by atoms with E-state index in [1.807, 2.05) is 29.2 Å². The molecule has 1 aromatic carbocycles. The van der Waals surface area contributed by atoms with E-state index < -0.39 is 0 Å². The standard InChI is InChI=1S/C17H25ClN2O/c1-12(2)11-20(16-8-9-16)17(21)10-19-13(3)14-4-6-15(18)7-5-14/h4-7,12-13,16,19H,8-11H2,1-3H3. The van der Waals surface area contributed by atoms with E-state index in [4.69, 9.17) is 11.6 Å². The molecule has 4 heteroatoms. The second-order valence-corrected chi connectivity index (χ2v) is 6.76. The fraction of sp³-hybridized carbons (Fsp3) is 0.588. The summed E-state index contributed by atoms with van der Waals surface area (Å²) in [6.45, 7) is 7.65. The third-order valence-corrected chi connectivity index (χ3v) is 4.05. The van der Waals surface area contributed by atoms with Crippen molar-refractivity contribution in [1.29, 1.82) is 0 Å². The molecule has 2 rings (SSSR count). The van der Waals surface area contributed by atoms with Gasteiger partial charge in [0.05, 0.1) is 6.54 Å². The van der Waals surface area contributed by atoms with Gasteiger partial charge in [-0.3, -0.25) is 4.79 Å². The minimum atomic E-state index is 0.145. The molecule has 116 valence electrons. The number of hydrogen-bond acceptors (Lipinski definition) is 2. The number of halogens is 1. The van der Waals surface area contributed by atoms with Crippen LogP contribution in [0.15, 0.2) is 24.3 Å². The number of benzene rings is 1. The van der Waals surface area contributed by atoms with Gasteiger partial charge in [0, 0.05) is 23.7 Å². The average Bonchev–Trinajstić information content (AvgIpc) is 3.27. The van der Waals surface area contributed by atoms with Crippen LogP contribution in [-0.4, -0.2) is 29.9 Å². The molecular weight excluding hydrogens is 284 g/mol. The first-order valence-electron chi connectivity index (χ1n) is 7.75. The first-order valence-corrected chi connectivity index (χ1v) is 8.13. The van der Waals surface area contributed by atoms with Crippen LogP contribution in [0.5, 0.6) is 0 Å². The Morgan fingerprint density at radius 3 is 2.43 bits per heavy atom. The van der Waals surface area contributed by atoms with Gasteiger partial charge in [-0.2, -0.15) is 0 Å². The van der Waals surface area contributed by atoms with Crippen molar-refractivity contribution in [1.82, 2.24) is 10.2 Å². The van der Waals surface area contributed by atoms with Gasteiger partial charge in [-0.1, -0.05) is 37.6 Å². The summed E-state index contributed by atoms with van der Waals surface area (Å²) >= 11 is 5.89.